The molecule has 0 amide bonds. The van der Waals surface area contributed by atoms with E-state index < -0.39 is 0 Å². The molecule has 2 saturated heterocycles. The van der Waals surface area contributed by atoms with Crippen LogP contribution in [0.15, 0.2) is 53.3 Å². The van der Waals surface area contributed by atoms with Gasteiger partial charge in [-0.2, -0.15) is 0 Å². The van der Waals surface area contributed by atoms with Gasteiger partial charge in [-0.25, -0.2) is 4.98 Å². The minimum absolute atomic E-state index is 0. The lowest BCUT2D eigenvalue weighted by molar-refractivity contribution is 0.208. The third kappa shape index (κ3) is 5.72. The highest BCUT2D eigenvalue weighted by Crippen LogP contribution is 2.36. The Morgan fingerprint density at radius 1 is 0.943 bits per heavy atom. The second kappa shape index (κ2) is 12.1. The molecule has 1 N–H and O–H groups in total. The van der Waals surface area contributed by atoms with Crippen LogP contribution in [0.1, 0.15) is 36.9 Å². The van der Waals surface area contributed by atoms with E-state index in [0.717, 1.165) is 47.1 Å². The number of hydrogen-bond acceptors (Lipinski definition) is 4. The molecular formula is C26H31BrCl3N5. The minimum Gasteiger partial charge on any atom is -0.356 e. The molecule has 1 aromatic carbocycles. The fourth-order valence-electron chi connectivity index (χ4n) is 5.51. The Morgan fingerprint density at radius 3 is 2.43 bits per heavy atom. The number of anilines is 1. The van der Waals surface area contributed by atoms with Crippen molar-refractivity contribution in [2.45, 2.75) is 38.1 Å². The Morgan fingerprint density at radius 2 is 1.71 bits per heavy atom. The van der Waals surface area contributed by atoms with E-state index in [-0.39, 0.29) is 37.2 Å². The molecule has 4 aromatic rings. The van der Waals surface area contributed by atoms with Gasteiger partial charge in [0.2, 0.25) is 0 Å². The number of nitrogens with zero attached hydrogens (tertiary/aromatic N) is 4. The molecule has 9 heteroatoms. The highest BCUT2D eigenvalue weighted by molar-refractivity contribution is 9.10. The van der Waals surface area contributed by atoms with Gasteiger partial charge in [0.1, 0.15) is 5.82 Å². The molecule has 3 aromatic heterocycles. The van der Waals surface area contributed by atoms with Crippen LogP contribution in [-0.2, 0) is 6.42 Å². The number of likely N-dealkylation sites (tertiary alicyclic amines) is 1. The van der Waals surface area contributed by atoms with Crippen LogP contribution in [0.5, 0.6) is 0 Å². The standard InChI is InChI=1S/C26H28BrN5.3ClH/c27-19-5-6-22-23(15-19)30-24-16-20(14-18-4-3-9-28-17-18)29-26(25(22)24)32-12-7-21(8-13-32)31-10-1-2-11-31;;;/h3-6,9,15-17,21,30H,1-2,7-8,10-14H2;3*1H. The van der Waals surface area contributed by atoms with Gasteiger partial charge < -0.3 is 14.8 Å². The molecule has 35 heavy (non-hydrogen) atoms. The van der Waals surface area contributed by atoms with Crippen LogP contribution in [0.25, 0.3) is 21.8 Å². The number of benzene rings is 1. The predicted molar refractivity (Wildman–Crippen MR) is 156 cm³/mol. The number of nitrogens with one attached hydrogen (secondary N) is 1. The summed E-state index contributed by atoms with van der Waals surface area (Å²) in [4.78, 5) is 18.4. The molecule has 2 aliphatic rings. The maximum atomic E-state index is 5.24. The molecule has 2 fully saturated rings. The molecule has 0 saturated carbocycles. The van der Waals surface area contributed by atoms with E-state index in [2.05, 4.69) is 66.0 Å². The van der Waals surface area contributed by atoms with Crippen LogP contribution in [-0.4, -0.2) is 52.1 Å². The first-order valence-electron chi connectivity index (χ1n) is 11.7. The van der Waals surface area contributed by atoms with Crippen molar-refractivity contribution in [3.63, 3.8) is 0 Å². The van der Waals surface area contributed by atoms with Crippen molar-refractivity contribution in [3.05, 3.63) is 64.5 Å². The fourth-order valence-corrected chi connectivity index (χ4v) is 5.87. The van der Waals surface area contributed by atoms with Crippen molar-refractivity contribution in [2.24, 2.45) is 0 Å². The third-order valence-electron chi connectivity index (χ3n) is 7.10. The SMILES string of the molecule is Brc1ccc2c(c1)[nH]c1cc(Cc3cccnc3)nc(N3CCC(N4CCCC4)CC3)c12.Cl.Cl.Cl. The molecule has 0 bridgehead atoms. The maximum Gasteiger partial charge on any atom is 0.138 e. The van der Waals surface area contributed by atoms with Crippen LogP contribution in [0.2, 0.25) is 0 Å². The van der Waals surface area contributed by atoms with E-state index in [1.54, 1.807) is 0 Å². The van der Waals surface area contributed by atoms with Gasteiger partial charge in [0.15, 0.2) is 0 Å². The van der Waals surface area contributed by atoms with Crippen molar-refractivity contribution in [2.75, 3.05) is 31.1 Å². The van der Waals surface area contributed by atoms with Crippen molar-refractivity contribution in [1.82, 2.24) is 19.9 Å². The first-order valence-corrected chi connectivity index (χ1v) is 12.5. The number of halogens is 4. The first kappa shape index (κ1) is 28.0. The number of aromatic nitrogens is 3. The summed E-state index contributed by atoms with van der Waals surface area (Å²) < 4.78 is 1.09. The summed E-state index contributed by atoms with van der Waals surface area (Å²) in [6, 6.07) is 13.6. The zero-order valence-electron chi connectivity index (χ0n) is 19.5. The van der Waals surface area contributed by atoms with Crippen LogP contribution in [0.3, 0.4) is 0 Å². The average molecular weight is 600 g/mol. The smallest absolute Gasteiger partial charge is 0.138 e. The molecule has 0 unspecified atom stereocenters. The topological polar surface area (TPSA) is 48.1 Å². The van der Waals surface area contributed by atoms with E-state index in [1.165, 1.54) is 60.6 Å². The number of fused-ring (bicyclic) bond motifs is 3. The molecule has 0 atom stereocenters. The van der Waals surface area contributed by atoms with E-state index >= 15 is 0 Å². The Balaban J connectivity index is 0.00000114. The van der Waals surface area contributed by atoms with Crippen LogP contribution >= 0.6 is 53.2 Å². The molecule has 5 nitrogen and oxygen atoms in total. The van der Waals surface area contributed by atoms with Crippen LogP contribution < -0.4 is 4.90 Å². The molecule has 6 rings (SSSR count). The zero-order valence-corrected chi connectivity index (χ0v) is 23.5. The van der Waals surface area contributed by atoms with Gasteiger partial charge in [-0.05, 0) is 68.6 Å². The highest BCUT2D eigenvalue weighted by atomic mass is 79.9. The minimum atomic E-state index is 0. The normalized spacial score (nSPS) is 16.7. The third-order valence-corrected chi connectivity index (χ3v) is 7.60. The number of piperidine rings is 1. The summed E-state index contributed by atoms with van der Waals surface area (Å²) in [6.07, 6.45) is 9.74. The molecule has 0 aliphatic carbocycles. The van der Waals surface area contributed by atoms with E-state index in [0.29, 0.717) is 0 Å². The van der Waals surface area contributed by atoms with Gasteiger partial charge in [-0.1, -0.05) is 28.1 Å². The largest absolute Gasteiger partial charge is 0.356 e. The lowest BCUT2D eigenvalue weighted by Crippen LogP contribution is -2.44. The van der Waals surface area contributed by atoms with E-state index in [4.69, 9.17) is 4.98 Å². The van der Waals surface area contributed by atoms with Crippen LogP contribution in [0, 0.1) is 0 Å². The summed E-state index contributed by atoms with van der Waals surface area (Å²) in [5, 5.41) is 2.50. The van der Waals surface area contributed by atoms with Gasteiger partial charge in [-0.15, -0.1) is 37.2 Å². The van der Waals surface area contributed by atoms with Crippen molar-refractivity contribution < 1.29 is 0 Å². The molecule has 0 spiro atoms. The van der Waals surface area contributed by atoms with Crippen molar-refractivity contribution >= 4 is 80.8 Å². The molecule has 5 heterocycles. The average Bonchev–Trinajstić information content (AvgIpc) is 3.47. The zero-order chi connectivity index (χ0) is 21.5. The lowest BCUT2D eigenvalue weighted by Gasteiger charge is -2.37. The first-order chi connectivity index (χ1) is 15.7. The van der Waals surface area contributed by atoms with Gasteiger partial charge in [0, 0.05) is 64.4 Å². The summed E-state index contributed by atoms with van der Waals surface area (Å²) in [5.41, 5.74) is 4.61. The Kier molecular flexibility index (Phi) is 9.69. The number of aromatic amines is 1. The monoisotopic (exact) mass is 597 g/mol. The maximum absolute atomic E-state index is 5.24. The molecule has 188 valence electrons. The Hall–Kier alpha value is -1.57. The Bertz CT molecular complexity index is 1250. The van der Waals surface area contributed by atoms with Gasteiger partial charge in [0.25, 0.3) is 0 Å². The lowest BCUT2D eigenvalue weighted by atomic mass is 10.0. The number of H-pyrrole nitrogens is 1. The molecule has 0 radical (unpaired) electrons. The molecule has 2 aliphatic heterocycles. The van der Waals surface area contributed by atoms with Gasteiger partial charge >= 0.3 is 0 Å². The highest BCUT2D eigenvalue weighted by Gasteiger charge is 2.28. The Labute approximate surface area is 233 Å². The second-order valence-corrected chi connectivity index (χ2v) is 10.1. The quantitative estimate of drug-likeness (QED) is 0.281. The summed E-state index contributed by atoms with van der Waals surface area (Å²) in [6.45, 7) is 4.71. The predicted octanol–water partition coefficient (Wildman–Crippen LogP) is 6.79. The second-order valence-electron chi connectivity index (χ2n) is 9.17. The van der Waals surface area contributed by atoms with E-state index in [1.807, 2.05) is 18.5 Å². The molecular weight excluding hydrogens is 569 g/mol. The van der Waals surface area contributed by atoms with Crippen LogP contribution in [0.4, 0.5) is 5.82 Å². The van der Waals surface area contributed by atoms with Gasteiger partial charge in [0.05, 0.1) is 5.52 Å². The van der Waals surface area contributed by atoms with E-state index in [9.17, 15) is 0 Å². The van der Waals surface area contributed by atoms with Crippen molar-refractivity contribution in [1.29, 1.82) is 0 Å². The summed E-state index contributed by atoms with van der Waals surface area (Å²) in [5.74, 6) is 1.13. The fraction of sp³-hybridized carbons (Fsp3) is 0.385. The number of hydrogen-bond donors (Lipinski definition) is 1. The summed E-state index contributed by atoms with van der Waals surface area (Å²) >= 11 is 3.62. The summed E-state index contributed by atoms with van der Waals surface area (Å²) in [7, 11) is 0. The van der Waals surface area contributed by atoms with Gasteiger partial charge in [-0.3, -0.25) is 4.98 Å². The number of pyridine rings is 2. The number of rotatable bonds is 4. The van der Waals surface area contributed by atoms with Crippen molar-refractivity contribution in [3.8, 4) is 0 Å².